The molecule has 0 radical (unpaired) electrons. The van der Waals surface area contributed by atoms with Gasteiger partial charge in [0.05, 0.1) is 0 Å². The number of carbonyl (C=O) groups excluding carboxylic acids is 3. The normalized spacial score (nSPS) is 18.6. The minimum Gasteiger partial charge on any atom is -0.326 e. The van der Waals surface area contributed by atoms with E-state index >= 15 is 0 Å². The number of aryl methyl sites for hydroxylation is 2. The van der Waals surface area contributed by atoms with Crippen molar-refractivity contribution >= 4 is 17.7 Å². The number of hydrogen-bond donors (Lipinski definition) is 2. The van der Waals surface area contributed by atoms with Gasteiger partial charge < -0.3 is 9.88 Å². The molecule has 1 aromatic rings. The Bertz CT molecular complexity index is 677. The molecule has 1 unspecified atom stereocenters. The highest BCUT2D eigenvalue weighted by atomic mass is 16.2. The molecule has 112 valence electrons. The van der Waals surface area contributed by atoms with Gasteiger partial charge in [-0.1, -0.05) is 6.92 Å². The van der Waals surface area contributed by atoms with E-state index in [-0.39, 0.29) is 12.1 Å². The standard InChI is InChI=1S/C14H17N3O4/c1-4-9-12(19)16-10(18)6-17(9)14(21)11-7(2)5-8(3)15-13(11)20/h5,9H,4,6H2,1-3H3,(H,15,20)(H,16,18,19). The number of nitrogens with zero attached hydrogens (tertiary/aromatic N) is 1. The lowest BCUT2D eigenvalue weighted by atomic mass is 10.0. The van der Waals surface area contributed by atoms with Crippen LogP contribution in [0, 0.1) is 13.8 Å². The average Bonchev–Trinajstić information content (AvgIpc) is 2.36. The van der Waals surface area contributed by atoms with Crippen LogP contribution in [-0.2, 0) is 9.59 Å². The Morgan fingerprint density at radius 2 is 2.00 bits per heavy atom. The molecule has 1 aromatic heterocycles. The van der Waals surface area contributed by atoms with E-state index in [1.165, 1.54) is 0 Å². The van der Waals surface area contributed by atoms with Crippen molar-refractivity contribution in [1.29, 1.82) is 0 Å². The first kappa shape index (κ1) is 15.0. The summed E-state index contributed by atoms with van der Waals surface area (Å²) >= 11 is 0. The molecule has 0 spiro atoms. The minimum atomic E-state index is -0.740. The van der Waals surface area contributed by atoms with Gasteiger partial charge in [-0.2, -0.15) is 0 Å². The predicted molar refractivity (Wildman–Crippen MR) is 74.8 cm³/mol. The van der Waals surface area contributed by atoms with Crippen LogP contribution in [0.2, 0.25) is 0 Å². The fourth-order valence-electron chi connectivity index (χ4n) is 2.55. The predicted octanol–water partition coefficient (Wildman–Crippen LogP) is -0.131. The molecule has 1 fully saturated rings. The van der Waals surface area contributed by atoms with Crippen LogP contribution in [0.5, 0.6) is 0 Å². The second kappa shape index (κ2) is 5.51. The number of aromatic amines is 1. The summed E-state index contributed by atoms with van der Waals surface area (Å²) in [5.41, 5.74) is 0.635. The van der Waals surface area contributed by atoms with E-state index in [1.54, 1.807) is 26.8 Å². The van der Waals surface area contributed by atoms with E-state index < -0.39 is 29.3 Å². The third-order valence-electron chi connectivity index (χ3n) is 3.48. The van der Waals surface area contributed by atoms with E-state index in [4.69, 9.17) is 0 Å². The van der Waals surface area contributed by atoms with Crippen molar-refractivity contribution in [2.45, 2.75) is 33.2 Å². The van der Waals surface area contributed by atoms with Crippen molar-refractivity contribution in [1.82, 2.24) is 15.2 Å². The Morgan fingerprint density at radius 3 is 2.57 bits per heavy atom. The maximum absolute atomic E-state index is 12.6. The number of hydrogen-bond acceptors (Lipinski definition) is 4. The van der Waals surface area contributed by atoms with Crippen LogP contribution in [0.25, 0.3) is 0 Å². The summed E-state index contributed by atoms with van der Waals surface area (Å²) in [5.74, 6) is -1.65. The quantitative estimate of drug-likeness (QED) is 0.741. The van der Waals surface area contributed by atoms with E-state index in [0.717, 1.165) is 4.90 Å². The molecular weight excluding hydrogens is 274 g/mol. The molecule has 7 heteroatoms. The maximum atomic E-state index is 12.6. The molecule has 21 heavy (non-hydrogen) atoms. The first-order valence-corrected chi connectivity index (χ1v) is 6.70. The van der Waals surface area contributed by atoms with Gasteiger partial charge in [0, 0.05) is 5.69 Å². The van der Waals surface area contributed by atoms with Crippen LogP contribution < -0.4 is 10.9 Å². The summed E-state index contributed by atoms with van der Waals surface area (Å²) in [6.07, 6.45) is 0.369. The average molecular weight is 291 g/mol. The monoisotopic (exact) mass is 291 g/mol. The van der Waals surface area contributed by atoms with E-state index in [0.29, 0.717) is 17.7 Å². The zero-order valence-electron chi connectivity index (χ0n) is 12.1. The molecule has 3 amide bonds. The van der Waals surface area contributed by atoms with E-state index in [1.807, 2.05) is 0 Å². The van der Waals surface area contributed by atoms with E-state index in [2.05, 4.69) is 10.3 Å². The van der Waals surface area contributed by atoms with Gasteiger partial charge in [-0.3, -0.25) is 24.5 Å². The molecule has 1 atom stereocenters. The van der Waals surface area contributed by atoms with Crippen LogP contribution in [0.15, 0.2) is 10.9 Å². The smallest absolute Gasteiger partial charge is 0.261 e. The largest absolute Gasteiger partial charge is 0.326 e. The molecular formula is C14H17N3O4. The number of rotatable bonds is 2. The van der Waals surface area contributed by atoms with Gasteiger partial charge in [0.15, 0.2) is 0 Å². The molecule has 1 aliphatic heterocycles. The van der Waals surface area contributed by atoms with Crippen LogP contribution in [-0.4, -0.2) is 40.2 Å². The van der Waals surface area contributed by atoms with Gasteiger partial charge in [-0.15, -0.1) is 0 Å². The number of carbonyl (C=O) groups is 3. The topological polar surface area (TPSA) is 99.3 Å². The highest BCUT2D eigenvalue weighted by molar-refractivity contribution is 6.07. The summed E-state index contributed by atoms with van der Waals surface area (Å²) in [7, 11) is 0. The van der Waals surface area contributed by atoms with Crippen LogP contribution >= 0.6 is 0 Å². The molecule has 0 saturated carbocycles. The number of amides is 3. The lowest BCUT2D eigenvalue weighted by Crippen LogP contribution is -2.60. The second-order valence-electron chi connectivity index (χ2n) is 5.11. The lowest BCUT2D eigenvalue weighted by molar-refractivity contribution is -0.138. The highest BCUT2D eigenvalue weighted by Gasteiger charge is 2.37. The number of aromatic nitrogens is 1. The van der Waals surface area contributed by atoms with Gasteiger partial charge in [-0.05, 0) is 31.9 Å². The van der Waals surface area contributed by atoms with Crippen molar-refractivity contribution in [3.63, 3.8) is 0 Å². The summed E-state index contributed by atoms with van der Waals surface area (Å²) in [6.45, 7) is 4.89. The van der Waals surface area contributed by atoms with Crippen LogP contribution in [0.1, 0.15) is 35.0 Å². The number of nitrogens with one attached hydrogen (secondary N) is 2. The Hall–Kier alpha value is -2.44. The third kappa shape index (κ3) is 2.72. The molecule has 1 saturated heterocycles. The van der Waals surface area contributed by atoms with Gasteiger partial charge in [0.25, 0.3) is 11.5 Å². The van der Waals surface area contributed by atoms with Crippen LogP contribution in [0.3, 0.4) is 0 Å². The summed E-state index contributed by atoms with van der Waals surface area (Å²) < 4.78 is 0. The Labute approximate surface area is 121 Å². The molecule has 0 bridgehead atoms. The summed E-state index contributed by atoms with van der Waals surface area (Å²) in [5, 5.41) is 2.20. The van der Waals surface area contributed by atoms with Crippen molar-refractivity contribution < 1.29 is 14.4 Å². The molecule has 2 rings (SSSR count). The molecule has 0 aliphatic carbocycles. The Balaban J connectivity index is 2.45. The summed E-state index contributed by atoms with van der Waals surface area (Å²) in [6, 6.07) is 0.942. The number of pyridine rings is 1. The molecule has 1 aliphatic rings. The third-order valence-corrected chi connectivity index (χ3v) is 3.48. The second-order valence-corrected chi connectivity index (χ2v) is 5.11. The lowest BCUT2D eigenvalue weighted by Gasteiger charge is -2.33. The SMILES string of the molecule is CCC1C(=O)NC(=O)CN1C(=O)c1c(C)cc(C)[nH]c1=O. The van der Waals surface area contributed by atoms with E-state index in [9.17, 15) is 19.2 Å². The van der Waals surface area contributed by atoms with Gasteiger partial charge in [-0.25, -0.2) is 0 Å². The van der Waals surface area contributed by atoms with Crippen molar-refractivity contribution in [3.05, 3.63) is 33.2 Å². The first-order valence-electron chi connectivity index (χ1n) is 6.70. The molecule has 2 heterocycles. The number of piperazine rings is 1. The zero-order chi connectivity index (χ0) is 15.7. The maximum Gasteiger partial charge on any atom is 0.261 e. The number of H-pyrrole nitrogens is 1. The first-order chi connectivity index (χ1) is 9.85. The van der Waals surface area contributed by atoms with Gasteiger partial charge >= 0.3 is 0 Å². The zero-order valence-corrected chi connectivity index (χ0v) is 12.1. The fraction of sp³-hybridized carbons (Fsp3) is 0.429. The minimum absolute atomic E-state index is 0.0263. The molecule has 0 aromatic carbocycles. The van der Waals surface area contributed by atoms with Crippen molar-refractivity contribution in [2.24, 2.45) is 0 Å². The highest BCUT2D eigenvalue weighted by Crippen LogP contribution is 2.14. The van der Waals surface area contributed by atoms with Crippen molar-refractivity contribution in [3.8, 4) is 0 Å². The van der Waals surface area contributed by atoms with Crippen molar-refractivity contribution in [2.75, 3.05) is 6.54 Å². The molecule has 7 nitrogen and oxygen atoms in total. The van der Waals surface area contributed by atoms with Gasteiger partial charge in [0.1, 0.15) is 18.2 Å². The number of imide groups is 1. The van der Waals surface area contributed by atoms with Crippen LogP contribution in [0.4, 0.5) is 0 Å². The Morgan fingerprint density at radius 1 is 1.33 bits per heavy atom. The molecule has 2 N–H and O–H groups in total. The fourth-order valence-corrected chi connectivity index (χ4v) is 2.55. The Kier molecular flexibility index (Phi) is 3.93. The summed E-state index contributed by atoms with van der Waals surface area (Å²) in [4.78, 5) is 51.6. The van der Waals surface area contributed by atoms with Gasteiger partial charge in [0.2, 0.25) is 11.8 Å².